The fraction of sp³-hybridized carbons (Fsp3) is 0.222. The van der Waals surface area contributed by atoms with Gasteiger partial charge in [0.15, 0.2) is 6.61 Å². The van der Waals surface area contributed by atoms with Gasteiger partial charge in [0.2, 0.25) is 0 Å². The molecule has 0 spiro atoms. The molecule has 0 saturated heterocycles. The monoisotopic (exact) mass is 330 g/mol. The van der Waals surface area contributed by atoms with E-state index in [2.05, 4.69) is 10.6 Å². The number of benzene rings is 2. The number of hydrogen-bond acceptors (Lipinski definition) is 3. The van der Waals surface area contributed by atoms with Gasteiger partial charge in [-0.1, -0.05) is 18.2 Å². The van der Waals surface area contributed by atoms with E-state index in [-0.39, 0.29) is 30.8 Å². The Morgan fingerprint density at radius 2 is 1.92 bits per heavy atom. The molecule has 5 nitrogen and oxygen atoms in total. The van der Waals surface area contributed by atoms with Crippen molar-refractivity contribution in [2.75, 3.05) is 13.7 Å². The minimum Gasteiger partial charge on any atom is -0.483 e. The van der Waals surface area contributed by atoms with E-state index in [4.69, 9.17) is 4.74 Å². The summed E-state index contributed by atoms with van der Waals surface area (Å²) >= 11 is 0. The zero-order chi connectivity index (χ0) is 17.5. The first-order valence-corrected chi connectivity index (χ1v) is 7.47. The maximum atomic E-state index is 13.3. The second-order valence-electron chi connectivity index (χ2n) is 5.22. The number of amides is 2. The van der Waals surface area contributed by atoms with Crippen molar-refractivity contribution < 1.29 is 18.7 Å². The third-order valence-corrected chi connectivity index (χ3v) is 3.47. The summed E-state index contributed by atoms with van der Waals surface area (Å²) in [7, 11) is 1.53. The lowest BCUT2D eigenvalue weighted by Crippen LogP contribution is -2.26. The largest absolute Gasteiger partial charge is 0.483 e. The molecule has 0 saturated carbocycles. The second-order valence-corrected chi connectivity index (χ2v) is 5.22. The van der Waals surface area contributed by atoms with Crippen LogP contribution in [0.2, 0.25) is 0 Å². The van der Waals surface area contributed by atoms with Crippen molar-refractivity contribution in [1.82, 2.24) is 10.6 Å². The molecule has 0 bridgehead atoms. The van der Waals surface area contributed by atoms with Crippen LogP contribution in [0.4, 0.5) is 4.39 Å². The minimum absolute atomic E-state index is 0.0986. The molecule has 0 heterocycles. The Kier molecular flexibility index (Phi) is 5.89. The van der Waals surface area contributed by atoms with Gasteiger partial charge in [0.25, 0.3) is 11.8 Å². The number of para-hydroxylation sites is 1. The number of likely N-dealkylation sites (N-methyl/N-ethyl adjacent to an activating group) is 1. The number of hydrogen-bond donors (Lipinski definition) is 2. The SMILES string of the molecule is CNC(=O)COc1ccccc1CNC(=O)c1ccc(F)c(C)c1. The fourth-order valence-corrected chi connectivity index (χ4v) is 2.07. The molecule has 0 unspecified atom stereocenters. The molecular formula is C18H19FN2O3. The van der Waals surface area contributed by atoms with Gasteiger partial charge in [0, 0.05) is 24.7 Å². The quantitative estimate of drug-likeness (QED) is 0.853. The summed E-state index contributed by atoms with van der Waals surface area (Å²) in [6, 6.07) is 11.3. The molecule has 0 aliphatic rings. The third-order valence-electron chi connectivity index (χ3n) is 3.47. The van der Waals surface area contributed by atoms with Crippen LogP contribution in [0.25, 0.3) is 0 Å². The highest BCUT2D eigenvalue weighted by atomic mass is 19.1. The van der Waals surface area contributed by atoms with Crippen molar-refractivity contribution in [1.29, 1.82) is 0 Å². The first kappa shape index (κ1) is 17.5. The van der Waals surface area contributed by atoms with Gasteiger partial charge in [-0.2, -0.15) is 0 Å². The van der Waals surface area contributed by atoms with E-state index in [0.29, 0.717) is 16.9 Å². The minimum atomic E-state index is -0.348. The van der Waals surface area contributed by atoms with Crippen LogP contribution in [0.5, 0.6) is 5.75 Å². The third kappa shape index (κ3) is 4.55. The Morgan fingerprint density at radius 1 is 1.17 bits per heavy atom. The normalized spacial score (nSPS) is 10.1. The summed E-state index contributed by atoms with van der Waals surface area (Å²) < 4.78 is 18.7. The van der Waals surface area contributed by atoms with E-state index in [9.17, 15) is 14.0 Å². The summed E-state index contributed by atoms with van der Waals surface area (Å²) in [4.78, 5) is 23.4. The van der Waals surface area contributed by atoms with E-state index < -0.39 is 0 Å². The summed E-state index contributed by atoms with van der Waals surface area (Å²) in [5, 5.41) is 5.23. The van der Waals surface area contributed by atoms with E-state index in [1.54, 1.807) is 25.1 Å². The number of aryl methyl sites for hydroxylation is 1. The van der Waals surface area contributed by atoms with Gasteiger partial charge in [0.1, 0.15) is 11.6 Å². The van der Waals surface area contributed by atoms with Crippen LogP contribution in [0, 0.1) is 12.7 Å². The molecule has 0 atom stereocenters. The number of carbonyl (C=O) groups excluding carboxylic acids is 2. The van der Waals surface area contributed by atoms with Crippen molar-refractivity contribution in [3.8, 4) is 5.75 Å². The van der Waals surface area contributed by atoms with Crippen molar-refractivity contribution in [3.05, 3.63) is 65.0 Å². The number of halogens is 1. The molecule has 0 aliphatic heterocycles. The van der Waals surface area contributed by atoms with Crippen molar-refractivity contribution in [2.24, 2.45) is 0 Å². The molecule has 0 radical (unpaired) electrons. The molecule has 24 heavy (non-hydrogen) atoms. The van der Waals surface area contributed by atoms with Crippen molar-refractivity contribution in [2.45, 2.75) is 13.5 Å². The van der Waals surface area contributed by atoms with Crippen LogP contribution in [-0.4, -0.2) is 25.5 Å². The van der Waals surface area contributed by atoms with E-state index >= 15 is 0 Å². The number of nitrogens with one attached hydrogen (secondary N) is 2. The molecule has 0 aliphatic carbocycles. The van der Waals surface area contributed by atoms with E-state index in [1.165, 1.54) is 25.2 Å². The molecule has 2 aromatic rings. The second kappa shape index (κ2) is 8.10. The topological polar surface area (TPSA) is 67.4 Å². The fourth-order valence-electron chi connectivity index (χ4n) is 2.07. The first-order chi connectivity index (χ1) is 11.5. The molecule has 2 aromatic carbocycles. The molecule has 2 amide bonds. The van der Waals surface area contributed by atoms with E-state index in [1.807, 2.05) is 6.07 Å². The Hall–Kier alpha value is -2.89. The molecule has 0 fully saturated rings. The van der Waals surface area contributed by atoms with Crippen LogP contribution in [-0.2, 0) is 11.3 Å². The Morgan fingerprint density at radius 3 is 2.62 bits per heavy atom. The average Bonchev–Trinajstić information content (AvgIpc) is 2.60. The lowest BCUT2D eigenvalue weighted by molar-refractivity contribution is -0.122. The lowest BCUT2D eigenvalue weighted by atomic mass is 10.1. The molecule has 126 valence electrons. The summed E-state index contributed by atoms with van der Waals surface area (Å²) in [5.74, 6) is -0.369. The molecule has 6 heteroatoms. The maximum Gasteiger partial charge on any atom is 0.257 e. The highest BCUT2D eigenvalue weighted by molar-refractivity contribution is 5.94. The van der Waals surface area contributed by atoms with Crippen LogP contribution in [0.1, 0.15) is 21.5 Å². The molecule has 0 aromatic heterocycles. The summed E-state index contributed by atoms with van der Waals surface area (Å²) in [5.41, 5.74) is 1.54. The van der Waals surface area contributed by atoms with Gasteiger partial charge < -0.3 is 15.4 Å². The van der Waals surface area contributed by atoms with Gasteiger partial charge in [-0.05, 0) is 36.8 Å². The summed E-state index contributed by atoms with van der Waals surface area (Å²) in [6.07, 6.45) is 0. The smallest absolute Gasteiger partial charge is 0.257 e. The van der Waals surface area contributed by atoms with Crippen LogP contribution in [0.15, 0.2) is 42.5 Å². The standard InChI is InChI=1S/C18H19FN2O3/c1-12-9-13(7-8-15(12)19)18(23)21-10-14-5-3-4-6-16(14)24-11-17(22)20-2/h3-9H,10-11H2,1-2H3,(H,20,22)(H,21,23). The van der Waals surface area contributed by atoms with Crippen LogP contribution < -0.4 is 15.4 Å². The highest BCUT2D eigenvalue weighted by Crippen LogP contribution is 2.18. The Balaban J connectivity index is 2.02. The zero-order valence-electron chi connectivity index (χ0n) is 13.6. The maximum absolute atomic E-state index is 13.3. The average molecular weight is 330 g/mol. The lowest BCUT2D eigenvalue weighted by Gasteiger charge is -2.12. The van der Waals surface area contributed by atoms with Crippen molar-refractivity contribution >= 4 is 11.8 Å². The van der Waals surface area contributed by atoms with Gasteiger partial charge in [-0.3, -0.25) is 9.59 Å². The molecule has 2 N–H and O–H groups in total. The molecular weight excluding hydrogens is 311 g/mol. The predicted molar refractivity (Wildman–Crippen MR) is 88.3 cm³/mol. The van der Waals surface area contributed by atoms with Gasteiger partial charge in [-0.15, -0.1) is 0 Å². The van der Waals surface area contributed by atoms with Crippen molar-refractivity contribution in [3.63, 3.8) is 0 Å². The van der Waals surface area contributed by atoms with Gasteiger partial charge in [0.05, 0.1) is 0 Å². The van der Waals surface area contributed by atoms with Gasteiger partial charge in [-0.25, -0.2) is 4.39 Å². The number of rotatable bonds is 6. The predicted octanol–water partition coefficient (Wildman–Crippen LogP) is 2.19. The van der Waals surface area contributed by atoms with E-state index in [0.717, 1.165) is 5.56 Å². The van der Waals surface area contributed by atoms with Gasteiger partial charge >= 0.3 is 0 Å². The number of ether oxygens (including phenoxy) is 1. The summed E-state index contributed by atoms with van der Waals surface area (Å²) in [6.45, 7) is 1.74. The number of carbonyl (C=O) groups is 2. The Bertz CT molecular complexity index is 747. The highest BCUT2D eigenvalue weighted by Gasteiger charge is 2.10. The Labute approximate surface area is 139 Å². The van der Waals surface area contributed by atoms with Crippen LogP contribution in [0.3, 0.4) is 0 Å². The zero-order valence-corrected chi connectivity index (χ0v) is 13.6. The molecule has 2 rings (SSSR count). The van der Waals surface area contributed by atoms with Crippen LogP contribution >= 0.6 is 0 Å². The first-order valence-electron chi connectivity index (χ1n) is 7.47.